The highest BCUT2D eigenvalue weighted by molar-refractivity contribution is 5.80. The van der Waals surface area contributed by atoms with E-state index in [0.29, 0.717) is 6.61 Å². The Balaban J connectivity index is 1.56. The van der Waals surface area contributed by atoms with Gasteiger partial charge < -0.3 is 14.6 Å². The Hall–Kier alpha value is -2.66. The highest BCUT2D eigenvalue weighted by Crippen LogP contribution is 2.19. The number of aryl methyl sites for hydroxylation is 1. The van der Waals surface area contributed by atoms with Gasteiger partial charge in [0.2, 0.25) is 0 Å². The van der Waals surface area contributed by atoms with Crippen molar-refractivity contribution < 1.29 is 4.74 Å². The molecule has 0 radical (unpaired) electrons. The van der Waals surface area contributed by atoms with Crippen molar-refractivity contribution in [2.75, 3.05) is 13.2 Å². The minimum absolute atomic E-state index is 0.00948. The van der Waals surface area contributed by atoms with Gasteiger partial charge in [-0.05, 0) is 42.8 Å². The summed E-state index contributed by atoms with van der Waals surface area (Å²) in [6.07, 6.45) is 3.64. The van der Waals surface area contributed by atoms with E-state index in [1.165, 1.54) is 0 Å². The zero-order valence-electron chi connectivity index (χ0n) is 13.9. The number of pyridine rings is 2. The van der Waals surface area contributed by atoms with E-state index in [1.807, 2.05) is 36.5 Å². The molecular weight excluding hydrogens is 302 g/mol. The van der Waals surface area contributed by atoms with E-state index in [9.17, 15) is 4.79 Å². The van der Waals surface area contributed by atoms with E-state index < -0.39 is 0 Å². The Bertz CT molecular complexity index is 875. The SMILES string of the molecule is CC(NCCOc1ccc2c(ccc(=O)n2C)c1)c1cccnc1. The Labute approximate surface area is 140 Å². The van der Waals surface area contributed by atoms with Crippen molar-refractivity contribution >= 4 is 10.9 Å². The molecule has 3 rings (SSSR count). The van der Waals surface area contributed by atoms with Crippen molar-refractivity contribution in [3.8, 4) is 5.75 Å². The summed E-state index contributed by atoms with van der Waals surface area (Å²) >= 11 is 0. The molecule has 0 saturated heterocycles. The van der Waals surface area contributed by atoms with Gasteiger partial charge in [-0.25, -0.2) is 0 Å². The molecule has 1 N–H and O–H groups in total. The number of aromatic nitrogens is 2. The van der Waals surface area contributed by atoms with Crippen LogP contribution in [0.1, 0.15) is 18.5 Å². The molecule has 0 amide bonds. The summed E-state index contributed by atoms with van der Waals surface area (Å²) in [7, 11) is 1.77. The van der Waals surface area contributed by atoms with Gasteiger partial charge >= 0.3 is 0 Å². The summed E-state index contributed by atoms with van der Waals surface area (Å²) < 4.78 is 7.44. The third kappa shape index (κ3) is 3.63. The second-order valence-electron chi connectivity index (χ2n) is 5.76. The van der Waals surface area contributed by atoms with Crippen molar-refractivity contribution in [2.24, 2.45) is 7.05 Å². The molecule has 0 saturated carbocycles. The van der Waals surface area contributed by atoms with E-state index in [4.69, 9.17) is 4.74 Å². The van der Waals surface area contributed by atoms with E-state index >= 15 is 0 Å². The minimum atomic E-state index is -0.00948. The molecule has 5 heteroatoms. The van der Waals surface area contributed by atoms with Gasteiger partial charge in [-0.15, -0.1) is 0 Å². The number of hydrogen-bond donors (Lipinski definition) is 1. The predicted octanol–water partition coefficient (Wildman–Crippen LogP) is 2.66. The molecule has 2 aromatic heterocycles. The monoisotopic (exact) mass is 323 g/mol. The standard InChI is InChI=1S/C19H21N3O2/c1-14(16-4-3-9-20-13-16)21-10-11-24-17-6-7-18-15(12-17)5-8-19(23)22(18)2/h3-9,12-14,21H,10-11H2,1-2H3. The number of ether oxygens (including phenoxy) is 1. The molecule has 0 aliphatic rings. The first-order valence-corrected chi connectivity index (χ1v) is 8.01. The lowest BCUT2D eigenvalue weighted by atomic mass is 10.1. The van der Waals surface area contributed by atoms with Gasteiger partial charge in [-0.2, -0.15) is 0 Å². The Morgan fingerprint density at radius 3 is 2.92 bits per heavy atom. The highest BCUT2D eigenvalue weighted by Gasteiger charge is 2.05. The lowest BCUT2D eigenvalue weighted by Gasteiger charge is -2.14. The van der Waals surface area contributed by atoms with Gasteiger partial charge in [0.25, 0.3) is 5.56 Å². The number of fused-ring (bicyclic) bond motifs is 1. The molecule has 1 aromatic carbocycles. The molecule has 24 heavy (non-hydrogen) atoms. The van der Waals surface area contributed by atoms with Crippen molar-refractivity contribution in [2.45, 2.75) is 13.0 Å². The smallest absolute Gasteiger partial charge is 0.250 e. The maximum atomic E-state index is 11.6. The second-order valence-corrected chi connectivity index (χ2v) is 5.76. The predicted molar refractivity (Wildman–Crippen MR) is 95.3 cm³/mol. The van der Waals surface area contributed by atoms with Crippen molar-refractivity contribution in [1.82, 2.24) is 14.9 Å². The summed E-state index contributed by atoms with van der Waals surface area (Å²) in [5.74, 6) is 0.803. The van der Waals surface area contributed by atoms with Crippen LogP contribution in [0.3, 0.4) is 0 Å². The fraction of sp³-hybridized carbons (Fsp3) is 0.263. The fourth-order valence-electron chi connectivity index (χ4n) is 2.65. The maximum Gasteiger partial charge on any atom is 0.250 e. The van der Waals surface area contributed by atoms with Gasteiger partial charge in [-0.1, -0.05) is 6.07 Å². The third-order valence-electron chi connectivity index (χ3n) is 4.10. The first-order chi connectivity index (χ1) is 11.6. The van der Waals surface area contributed by atoms with E-state index in [0.717, 1.165) is 28.8 Å². The van der Waals surface area contributed by atoms with Gasteiger partial charge in [0, 0.05) is 43.5 Å². The highest BCUT2D eigenvalue weighted by atomic mass is 16.5. The Kier molecular flexibility index (Phi) is 4.91. The summed E-state index contributed by atoms with van der Waals surface area (Å²) in [4.78, 5) is 15.8. The Morgan fingerprint density at radius 2 is 2.12 bits per heavy atom. The van der Waals surface area contributed by atoms with Gasteiger partial charge in [0.1, 0.15) is 12.4 Å². The van der Waals surface area contributed by atoms with Crippen LogP contribution in [-0.4, -0.2) is 22.7 Å². The number of hydrogen-bond acceptors (Lipinski definition) is 4. The summed E-state index contributed by atoms with van der Waals surface area (Å²) in [5, 5.41) is 4.40. The molecule has 0 bridgehead atoms. The first-order valence-electron chi connectivity index (χ1n) is 8.01. The summed E-state index contributed by atoms with van der Waals surface area (Å²) in [6, 6.07) is 13.4. The largest absolute Gasteiger partial charge is 0.492 e. The van der Waals surface area contributed by atoms with Crippen LogP contribution in [0.5, 0.6) is 5.75 Å². The molecule has 1 atom stereocenters. The maximum absolute atomic E-state index is 11.6. The topological polar surface area (TPSA) is 56.1 Å². The van der Waals surface area contributed by atoms with Crippen LogP contribution in [0.25, 0.3) is 10.9 Å². The second kappa shape index (κ2) is 7.27. The molecule has 2 heterocycles. The van der Waals surface area contributed by atoms with Crippen molar-refractivity contribution in [1.29, 1.82) is 0 Å². The van der Waals surface area contributed by atoms with Crippen LogP contribution >= 0.6 is 0 Å². The molecule has 0 aliphatic carbocycles. The number of rotatable bonds is 6. The lowest BCUT2D eigenvalue weighted by molar-refractivity contribution is 0.308. The van der Waals surface area contributed by atoms with Crippen LogP contribution in [-0.2, 0) is 7.05 Å². The number of benzene rings is 1. The fourth-order valence-corrected chi connectivity index (χ4v) is 2.65. The summed E-state index contributed by atoms with van der Waals surface area (Å²) in [6.45, 7) is 3.41. The molecule has 3 aromatic rings. The zero-order chi connectivity index (χ0) is 16.9. The number of nitrogens with one attached hydrogen (secondary N) is 1. The molecule has 124 valence electrons. The van der Waals surface area contributed by atoms with E-state index in [2.05, 4.69) is 23.3 Å². The minimum Gasteiger partial charge on any atom is -0.492 e. The van der Waals surface area contributed by atoms with E-state index in [1.54, 1.807) is 23.9 Å². The molecule has 0 spiro atoms. The molecule has 1 unspecified atom stereocenters. The summed E-state index contributed by atoms with van der Waals surface area (Å²) in [5.41, 5.74) is 2.05. The van der Waals surface area contributed by atoms with E-state index in [-0.39, 0.29) is 11.6 Å². The average Bonchev–Trinajstić information content (AvgIpc) is 2.62. The quantitative estimate of drug-likeness (QED) is 0.709. The van der Waals surface area contributed by atoms with Crippen molar-refractivity contribution in [3.05, 3.63) is 70.8 Å². The zero-order valence-corrected chi connectivity index (χ0v) is 13.9. The molecule has 5 nitrogen and oxygen atoms in total. The van der Waals surface area contributed by atoms with Crippen LogP contribution in [0.15, 0.2) is 59.7 Å². The van der Waals surface area contributed by atoms with Crippen LogP contribution < -0.4 is 15.6 Å². The van der Waals surface area contributed by atoms with Crippen molar-refractivity contribution in [3.63, 3.8) is 0 Å². The third-order valence-corrected chi connectivity index (χ3v) is 4.10. The molecular formula is C19H21N3O2. The average molecular weight is 323 g/mol. The molecule has 0 fully saturated rings. The lowest BCUT2D eigenvalue weighted by Crippen LogP contribution is -2.24. The van der Waals surface area contributed by atoms with Crippen LogP contribution in [0.2, 0.25) is 0 Å². The normalized spacial score (nSPS) is 12.2. The number of nitrogens with zero attached hydrogens (tertiary/aromatic N) is 2. The van der Waals surface area contributed by atoms with Crippen LogP contribution in [0.4, 0.5) is 0 Å². The van der Waals surface area contributed by atoms with Gasteiger partial charge in [-0.3, -0.25) is 9.78 Å². The first kappa shape index (κ1) is 16.2. The Morgan fingerprint density at radius 1 is 1.25 bits per heavy atom. The van der Waals surface area contributed by atoms with Gasteiger partial charge in [0.05, 0.1) is 5.52 Å². The van der Waals surface area contributed by atoms with Gasteiger partial charge in [0.15, 0.2) is 0 Å². The molecule has 0 aliphatic heterocycles. The van der Waals surface area contributed by atoms with Crippen LogP contribution in [0, 0.1) is 0 Å².